The molecule has 1 aromatic carbocycles. The summed E-state index contributed by atoms with van der Waals surface area (Å²) in [7, 11) is 0. The van der Waals surface area contributed by atoms with Crippen LogP contribution in [-0.2, 0) is 9.47 Å². The molecule has 1 fully saturated rings. The lowest BCUT2D eigenvalue weighted by Crippen LogP contribution is -2.42. The summed E-state index contributed by atoms with van der Waals surface area (Å²) in [5.41, 5.74) is -1.67. The summed E-state index contributed by atoms with van der Waals surface area (Å²) in [6.45, 7) is -0.640. The molecule has 2 aromatic rings. The van der Waals surface area contributed by atoms with Gasteiger partial charge in [0.15, 0.2) is 6.10 Å². The lowest BCUT2D eigenvalue weighted by Gasteiger charge is -2.20. The summed E-state index contributed by atoms with van der Waals surface area (Å²) in [5, 5.41) is 9.82. The van der Waals surface area contributed by atoms with Gasteiger partial charge >= 0.3 is 17.6 Å². The van der Waals surface area contributed by atoms with Crippen molar-refractivity contribution in [2.24, 2.45) is 0 Å². The van der Waals surface area contributed by atoms with Crippen LogP contribution in [-0.4, -0.2) is 45.4 Å². The van der Waals surface area contributed by atoms with Gasteiger partial charge in [-0.25, -0.2) is 9.59 Å². The molecule has 2 heterocycles. The summed E-state index contributed by atoms with van der Waals surface area (Å²) in [6, 6.07) is 8.72. The van der Waals surface area contributed by atoms with Crippen LogP contribution in [0.4, 0.5) is 8.78 Å². The second kappa shape index (κ2) is 6.81. The summed E-state index contributed by atoms with van der Waals surface area (Å²) in [6.07, 6.45) is -5.18. The monoisotopic (exact) mass is 368 g/mol. The quantitative estimate of drug-likeness (QED) is 0.751. The second-order valence-corrected chi connectivity index (χ2v) is 5.63. The number of H-pyrrole nitrogens is 1. The standard InChI is InChI=1S/C16H14F2N2O6/c17-16(18)12(22)10(8-25-13(23)9-4-2-1-3-5-9)26-14(16)20-7-6-11(21)19-15(20)24/h1-7,10,12,14,22H,8H2,(H,19,21,24)/t10-,12-,14-/m1/s1. The number of halogens is 2. The molecule has 1 aliphatic rings. The molecule has 0 spiro atoms. The molecule has 10 heteroatoms. The van der Waals surface area contributed by atoms with E-state index in [9.17, 15) is 28.3 Å². The average Bonchev–Trinajstić information content (AvgIpc) is 2.84. The van der Waals surface area contributed by atoms with Crippen molar-refractivity contribution in [3.8, 4) is 0 Å². The molecule has 2 N–H and O–H groups in total. The number of esters is 1. The second-order valence-electron chi connectivity index (χ2n) is 5.63. The molecule has 3 atom stereocenters. The summed E-state index contributed by atoms with van der Waals surface area (Å²) >= 11 is 0. The number of alkyl halides is 2. The predicted molar refractivity (Wildman–Crippen MR) is 82.9 cm³/mol. The van der Waals surface area contributed by atoms with E-state index in [0.29, 0.717) is 4.57 Å². The Labute approximate surface area is 144 Å². The summed E-state index contributed by atoms with van der Waals surface area (Å²) in [4.78, 5) is 36.5. The third kappa shape index (κ3) is 3.28. The van der Waals surface area contributed by atoms with Gasteiger partial charge in [-0.2, -0.15) is 8.78 Å². The van der Waals surface area contributed by atoms with Crippen LogP contribution in [0.25, 0.3) is 0 Å². The number of nitrogens with zero attached hydrogens (tertiary/aromatic N) is 1. The van der Waals surface area contributed by atoms with Crippen LogP contribution in [0.1, 0.15) is 16.6 Å². The molecule has 0 amide bonds. The average molecular weight is 368 g/mol. The molecule has 0 bridgehead atoms. The fourth-order valence-electron chi connectivity index (χ4n) is 2.53. The van der Waals surface area contributed by atoms with Gasteiger partial charge in [0, 0.05) is 12.3 Å². The van der Waals surface area contributed by atoms with Crippen molar-refractivity contribution >= 4 is 5.97 Å². The Morgan fingerprint density at radius 3 is 2.62 bits per heavy atom. The number of rotatable bonds is 4. The SMILES string of the molecule is O=C(OC[C@H]1O[C@@H](n2ccc(=O)[nH]c2=O)C(F)(F)[C@@H]1O)c1ccccc1. The number of aliphatic hydroxyl groups excluding tert-OH is 1. The van der Waals surface area contributed by atoms with E-state index in [-0.39, 0.29) is 5.56 Å². The first-order chi connectivity index (χ1) is 12.3. The molecule has 1 aliphatic heterocycles. The van der Waals surface area contributed by atoms with Crippen LogP contribution >= 0.6 is 0 Å². The minimum absolute atomic E-state index is 0.208. The Morgan fingerprint density at radius 1 is 1.27 bits per heavy atom. The van der Waals surface area contributed by atoms with Crippen molar-refractivity contribution in [1.82, 2.24) is 9.55 Å². The zero-order valence-corrected chi connectivity index (χ0v) is 13.2. The molecule has 0 unspecified atom stereocenters. The number of hydrogen-bond donors (Lipinski definition) is 2. The fraction of sp³-hybridized carbons (Fsp3) is 0.312. The van der Waals surface area contributed by atoms with Crippen molar-refractivity contribution in [2.45, 2.75) is 24.4 Å². The molecule has 3 rings (SSSR count). The summed E-state index contributed by atoms with van der Waals surface area (Å²) < 4.78 is 39.0. The molecule has 138 valence electrons. The maximum Gasteiger partial charge on any atom is 0.338 e. The Hall–Kier alpha value is -2.85. The highest BCUT2D eigenvalue weighted by Crippen LogP contribution is 2.42. The van der Waals surface area contributed by atoms with Gasteiger partial charge in [-0.1, -0.05) is 18.2 Å². The van der Waals surface area contributed by atoms with E-state index in [1.807, 2.05) is 4.98 Å². The molecule has 0 saturated carbocycles. The number of nitrogens with one attached hydrogen (secondary N) is 1. The highest BCUT2D eigenvalue weighted by molar-refractivity contribution is 5.89. The molecule has 26 heavy (non-hydrogen) atoms. The number of hydrogen-bond acceptors (Lipinski definition) is 6. The minimum Gasteiger partial charge on any atom is -0.459 e. The van der Waals surface area contributed by atoms with E-state index in [0.717, 1.165) is 12.3 Å². The van der Waals surface area contributed by atoms with E-state index < -0.39 is 48.2 Å². The first-order valence-corrected chi connectivity index (χ1v) is 7.55. The van der Waals surface area contributed by atoms with Crippen LogP contribution in [0.5, 0.6) is 0 Å². The highest BCUT2D eigenvalue weighted by atomic mass is 19.3. The number of benzene rings is 1. The zero-order chi connectivity index (χ0) is 18.9. The Morgan fingerprint density at radius 2 is 1.96 bits per heavy atom. The topological polar surface area (TPSA) is 111 Å². The van der Waals surface area contributed by atoms with Gasteiger partial charge in [-0.05, 0) is 12.1 Å². The van der Waals surface area contributed by atoms with E-state index in [1.165, 1.54) is 12.1 Å². The van der Waals surface area contributed by atoms with Crippen LogP contribution in [0.3, 0.4) is 0 Å². The van der Waals surface area contributed by atoms with Crippen molar-refractivity contribution in [1.29, 1.82) is 0 Å². The van der Waals surface area contributed by atoms with Gasteiger partial charge < -0.3 is 14.6 Å². The van der Waals surface area contributed by atoms with Gasteiger partial charge in [0.25, 0.3) is 5.56 Å². The lowest BCUT2D eigenvalue weighted by molar-refractivity contribution is -0.141. The molecule has 1 saturated heterocycles. The fourth-order valence-corrected chi connectivity index (χ4v) is 2.53. The number of aromatic amines is 1. The third-order valence-corrected chi connectivity index (χ3v) is 3.87. The van der Waals surface area contributed by atoms with E-state index >= 15 is 0 Å². The van der Waals surface area contributed by atoms with E-state index in [1.54, 1.807) is 18.2 Å². The molecular formula is C16H14F2N2O6. The summed E-state index contributed by atoms with van der Waals surface area (Å²) in [5.74, 6) is -4.61. The van der Waals surface area contributed by atoms with Crippen LogP contribution in [0, 0.1) is 0 Å². The molecular weight excluding hydrogens is 354 g/mol. The van der Waals surface area contributed by atoms with Crippen molar-refractivity contribution in [2.75, 3.05) is 6.61 Å². The molecule has 0 aliphatic carbocycles. The lowest BCUT2D eigenvalue weighted by atomic mass is 10.1. The smallest absolute Gasteiger partial charge is 0.338 e. The van der Waals surface area contributed by atoms with Crippen molar-refractivity contribution < 1.29 is 28.2 Å². The van der Waals surface area contributed by atoms with Crippen LogP contribution in [0.15, 0.2) is 52.2 Å². The van der Waals surface area contributed by atoms with Gasteiger partial charge in [0.1, 0.15) is 12.7 Å². The maximum absolute atomic E-state index is 14.3. The Balaban J connectivity index is 1.75. The van der Waals surface area contributed by atoms with E-state index in [2.05, 4.69) is 0 Å². The third-order valence-electron chi connectivity index (χ3n) is 3.87. The highest BCUT2D eigenvalue weighted by Gasteiger charge is 2.60. The van der Waals surface area contributed by atoms with Gasteiger partial charge in [-0.15, -0.1) is 0 Å². The molecule has 8 nitrogen and oxygen atoms in total. The van der Waals surface area contributed by atoms with Gasteiger partial charge in [0.2, 0.25) is 6.23 Å². The number of carbonyl (C=O) groups is 1. The normalized spacial score (nSPS) is 24.3. The number of aliphatic hydroxyl groups is 1. The first-order valence-electron chi connectivity index (χ1n) is 7.55. The van der Waals surface area contributed by atoms with Gasteiger partial charge in [-0.3, -0.25) is 14.3 Å². The minimum atomic E-state index is -3.84. The van der Waals surface area contributed by atoms with Crippen LogP contribution < -0.4 is 11.2 Å². The Bertz CT molecular complexity index is 911. The first kappa shape index (κ1) is 18.0. The molecule has 0 radical (unpaired) electrons. The van der Waals surface area contributed by atoms with E-state index in [4.69, 9.17) is 9.47 Å². The largest absolute Gasteiger partial charge is 0.459 e. The van der Waals surface area contributed by atoms with Crippen molar-refractivity contribution in [3.63, 3.8) is 0 Å². The predicted octanol–water partition coefficient (Wildman–Crippen LogP) is 0.287. The zero-order valence-electron chi connectivity index (χ0n) is 13.2. The number of carbonyl (C=O) groups excluding carboxylic acids is 1. The van der Waals surface area contributed by atoms with Gasteiger partial charge in [0.05, 0.1) is 5.56 Å². The molecule has 1 aromatic heterocycles. The maximum atomic E-state index is 14.3. The van der Waals surface area contributed by atoms with Crippen molar-refractivity contribution in [3.05, 3.63) is 69.0 Å². The number of aromatic nitrogens is 2. The number of ether oxygens (including phenoxy) is 2. The Kier molecular flexibility index (Phi) is 4.70. The van der Waals surface area contributed by atoms with Crippen LogP contribution in [0.2, 0.25) is 0 Å².